The van der Waals surface area contributed by atoms with Gasteiger partial charge in [0.25, 0.3) is 0 Å². The number of hydrogen-bond acceptors (Lipinski definition) is 3. The van der Waals surface area contributed by atoms with E-state index in [1.165, 1.54) is 0 Å². The maximum absolute atomic E-state index is 12.7. The summed E-state index contributed by atoms with van der Waals surface area (Å²) in [6.45, 7) is 8.22. The SMILES string of the molecule is CCN(CC)CCn1cc(NC(=O)C2(c3ccccc3)CC2)cn1. The molecule has 1 saturated carbocycles. The maximum Gasteiger partial charge on any atom is 0.235 e. The van der Waals surface area contributed by atoms with E-state index in [1.54, 1.807) is 6.20 Å². The lowest BCUT2D eigenvalue weighted by molar-refractivity contribution is -0.118. The molecule has 5 nitrogen and oxygen atoms in total. The van der Waals surface area contributed by atoms with Gasteiger partial charge in [0.2, 0.25) is 5.91 Å². The zero-order chi connectivity index (χ0) is 17.0. The summed E-state index contributed by atoms with van der Waals surface area (Å²) in [6.07, 6.45) is 5.49. The molecule has 24 heavy (non-hydrogen) atoms. The molecule has 0 spiro atoms. The molecule has 128 valence electrons. The van der Waals surface area contributed by atoms with Crippen LogP contribution in [0.2, 0.25) is 0 Å². The summed E-state index contributed by atoms with van der Waals surface area (Å²) in [5.41, 5.74) is 1.54. The second-order valence-corrected chi connectivity index (χ2v) is 6.42. The molecule has 1 amide bonds. The Kier molecular flexibility index (Phi) is 5.00. The number of nitrogens with one attached hydrogen (secondary N) is 1. The number of aromatic nitrogens is 2. The van der Waals surface area contributed by atoms with Crippen molar-refractivity contribution in [3.63, 3.8) is 0 Å². The van der Waals surface area contributed by atoms with Crippen molar-refractivity contribution in [3.05, 3.63) is 48.3 Å². The van der Waals surface area contributed by atoms with Gasteiger partial charge < -0.3 is 10.2 Å². The van der Waals surface area contributed by atoms with E-state index in [4.69, 9.17) is 0 Å². The molecule has 1 N–H and O–H groups in total. The van der Waals surface area contributed by atoms with Crippen molar-refractivity contribution in [3.8, 4) is 0 Å². The zero-order valence-corrected chi connectivity index (χ0v) is 14.5. The van der Waals surface area contributed by atoms with Crippen molar-refractivity contribution < 1.29 is 4.79 Å². The first-order valence-electron chi connectivity index (χ1n) is 8.79. The molecule has 5 heteroatoms. The average Bonchev–Trinajstić information content (AvgIpc) is 3.32. The Balaban J connectivity index is 1.60. The fourth-order valence-corrected chi connectivity index (χ4v) is 3.11. The highest BCUT2D eigenvalue weighted by atomic mass is 16.2. The topological polar surface area (TPSA) is 50.2 Å². The fourth-order valence-electron chi connectivity index (χ4n) is 3.11. The highest BCUT2D eigenvalue weighted by Gasteiger charge is 2.51. The Morgan fingerprint density at radius 3 is 2.58 bits per heavy atom. The number of nitrogens with zero attached hydrogens (tertiary/aromatic N) is 3. The molecule has 1 aliphatic rings. The maximum atomic E-state index is 12.7. The predicted molar refractivity (Wildman–Crippen MR) is 96.0 cm³/mol. The van der Waals surface area contributed by atoms with E-state index >= 15 is 0 Å². The van der Waals surface area contributed by atoms with Crippen molar-refractivity contribution in [2.24, 2.45) is 0 Å². The van der Waals surface area contributed by atoms with Crippen molar-refractivity contribution in [1.29, 1.82) is 0 Å². The van der Waals surface area contributed by atoms with Gasteiger partial charge >= 0.3 is 0 Å². The average molecular weight is 326 g/mol. The molecule has 1 aliphatic carbocycles. The van der Waals surface area contributed by atoms with Crippen LogP contribution in [-0.2, 0) is 16.8 Å². The van der Waals surface area contributed by atoms with Crippen LogP contribution in [0.5, 0.6) is 0 Å². The quantitative estimate of drug-likeness (QED) is 0.811. The van der Waals surface area contributed by atoms with E-state index in [1.807, 2.05) is 41.2 Å². The number of carbonyl (C=O) groups excluding carboxylic acids is 1. The van der Waals surface area contributed by atoms with Crippen LogP contribution in [0.25, 0.3) is 0 Å². The van der Waals surface area contributed by atoms with Gasteiger partial charge in [-0.05, 0) is 31.5 Å². The van der Waals surface area contributed by atoms with Crippen molar-refractivity contribution in [2.75, 3.05) is 25.0 Å². The molecule has 1 heterocycles. The Morgan fingerprint density at radius 1 is 1.25 bits per heavy atom. The molecular weight excluding hydrogens is 300 g/mol. The lowest BCUT2D eigenvalue weighted by Gasteiger charge is -2.17. The molecule has 0 unspecified atom stereocenters. The third-order valence-electron chi connectivity index (χ3n) is 4.94. The Labute approximate surface area is 143 Å². The van der Waals surface area contributed by atoms with E-state index in [-0.39, 0.29) is 11.3 Å². The van der Waals surface area contributed by atoms with Crippen LogP contribution in [0, 0.1) is 0 Å². The number of carbonyl (C=O) groups is 1. The predicted octanol–water partition coefficient (Wildman–Crippen LogP) is 2.90. The molecule has 0 atom stereocenters. The molecule has 0 aliphatic heterocycles. The third kappa shape index (κ3) is 3.51. The summed E-state index contributed by atoms with van der Waals surface area (Å²) < 4.78 is 1.90. The number of anilines is 1. The van der Waals surface area contributed by atoms with E-state index < -0.39 is 0 Å². The zero-order valence-electron chi connectivity index (χ0n) is 14.5. The van der Waals surface area contributed by atoms with Crippen LogP contribution in [0.4, 0.5) is 5.69 Å². The monoisotopic (exact) mass is 326 g/mol. The molecule has 1 aromatic heterocycles. The molecule has 0 bridgehead atoms. The van der Waals surface area contributed by atoms with Gasteiger partial charge in [0.1, 0.15) is 0 Å². The summed E-state index contributed by atoms with van der Waals surface area (Å²) in [5.74, 6) is 0.0805. The second-order valence-electron chi connectivity index (χ2n) is 6.42. The lowest BCUT2D eigenvalue weighted by Crippen LogP contribution is -2.28. The molecule has 1 aromatic carbocycles. The molecule has 2 aromatic rings. The Morgan fingerprint density at radius 2 is 1.96 bits per heavy atom. The number of likely N-dealkylation sites (N-methyl/N-ethyl adjacent to an activating group) is 1. The second kappa shape index (κ2) is 7.18. The minimum absolute atomic E-state index is 0.0805. The fraction of sp³-hybridized carbons (Fsp3) is 0.474. The summed E-state index contributed by atoms with van der Waals surface area (Å²) in [5, 5.41) is 7.40. The number of benzene rings is 1. The van der Waals surface area contributed by atoms with E-state index in [0.29, 0.717) is 0 Å². The first-order valence-corrected chi connectivity index (χ1v) is 8.79. The van der Waals surface area contributed by atoms with Crippen LogP contribution >= 0.6 is 0 Å². The number of amides is 1. The van der Waals surface area contributed by atoms with Crippen LogP contribution in [0.3, 0.4) is 0 Å². The van der Waals surface area contributed by atoms with Crippen LogP contribution in [-0.4, -0.2) is 40.2 Å². The molecule has 0 saturated heterocycles. The van der Waals surface area contributed by atoms with Crippen LogP contribution in [0.1, 0.15) is 32.3 Å². The largest absolute Gasteiger partial charge is 0.323 e. The summed E-state index contributed by atoms with van der Waals surface area (Å²) >= 11 is 0. The van der Waals surface area contributed by atoms with Crippen LogP contribution < -0.4 is 5.32 Å². The molecule has 1 fully saturated rings. The number of hydrogen-bond donors (Lipinski definition) is 1. The first-order chi connectivity index (χ1) is 11.7. The van der Waals surface area contributed by atoms with Gasteiger partial charge in [-0.25, -0.2) is 0 Å². The van der Waals surface area contributed by atoms with Gasteiger partial charge in [0.05, 0.1) is 23.8 Å². The van der Waals surface area contributed by atoms with E-state index in [9.17, 15) is 4.79 Å². The minimum Gasteiger partial charge on any atom is -0.323 e. The first kappa shape index (κ1) is 16.7. The van der Waals surface area contributed by atoms with Crippen molar-refractivity contribution in [1.82, 2.24) is 14.7 Å². The Hall–Kier alpha value is -2.14. The third-order valence-corrected chi connectivity index (χ3v) is 4.94. The minimum atomic E-state index is -0.343. The highest BCUT2D eigenvalue weighted by molar-refractivity contribution is 6.01. The lowest BCUT2D eigenvalue weighted by atomic mass is 9.95. The van der Waals surface area contributed by atoms with Gasteiger partial charge in [0, 0.05) is 12.7 Å². The Bertz CT molecular complexity index is 672. The van der Waals surface area contributed by atoms with Gasteiger partial charge in [-0.2, -0.15) is 5.10 Å². The van der Waals surface area contributed by atoms with Gasteiger partial charge in [0.15, 0.2) is 0 Å². The van der Waals surface area contributed by atoms with Gasteiger partial charge in [-0.3, -0.25) is 9.48 Å². The van der Waals surface area contributed by atoms with E-state index in [2.05, 4.69) is 29.2 Å². The normalized spacial score (nSPS) is 15.5. The smallest absolute Gasteiger partial charge is 0.235 e. The van der Waals surface area contributed by atoms with Gasteiger partial charge in [-0.1, -0.05) is 44.2 Å². The van der Waals surface area contributed by atoms with Crippen molar-refractivity contribution in [2.45, 2.75) is 38.6 Å². The van der Waals surface area contributed by atoms with Crippen molar-refractivity contribution >= 4 is 11.6 Å². The van der Waals surface area contributed by atoms with E-state index in [0.717, 1.165) is 50.3 Å². The summed E-state index contributed by atoms with van der Waals surface area (Å²) in [7, 11) is 0. The van der Waals surface area contributed by atoms with Gasteiger partial charge in [-0.15, -0.1) is 0 Å². The molecule has 3 rings (SSSR count). The standard InChI is InChI=1S/C19H26N4O/c1-3-22(4-2)12-13-23-15-17(14-20-23)21-18(24)19(10-11-19)16-8-6-5-7-9-16/h5-9,14-15H,3-4,10-13H2,1-2H3,(H,21,24). The highest BCUT2D eigenvalue weighted by Crippen LogP contribution is 2.48. The van der Waals surface area contributed by atoms with Crippen LogP contribution in [0.15, 0.2) is 42.7 Å². The summed E-state index contributed by atoms with van der Waals surface area (Å²) in [4.78, 5) is 15.1. The molecular formula is C19H26N4O. The number of rotatable bonds is 8. The summed E-state index contributed by atoms with van der Waals surface area (Å²) in [6, 6.07) is 10.1. The molecule has 0 radical (unpaired) electrons.